The highest BCUT2D eigenvalue weighted by Crippen LogP contribution is 2.18. The second-order valence-electron chi connectivity index (χ2n) is 7.55. The minimum absolute atomic E-state index is 0.248. The molecular formula is C22H28N6OS. The van der Waals surface area contributed by atoms with Crippen LogP contribution in [0, 0.1) is 5.92 Å². The molecule has 2 aromatic heterocycles. The maximum atomic E-state index is 12.4. The number of imidazole rings is 1. The van der Waals surface area contributed by atoms with Gasteiger partial charge < -0.3 is 15.5 Å². The lowest BCUT2D eigenvalue weighted by Gasteiger charge is -2.18. The Bertz CT molecular complexity index is 967. The van der Waals surface area contributed by atoms with Gasteiger partial charge in [-0.15, -0.1) is 11.3 Å². The van der Waals surface area contributed by atoms with Gasteiger partial charge in [0, 0.05) is 56.3 Å². The summed E-state index contributed by atoms with van der Waals surface area (Å²) in [5.74, 6) is 1.32. The third-order valence-corrected chi connectivity index (χ3v) is 6.02. The van der Waals surface area contributed by atoms with E-state index in [0.717, 1.165) is 49.2 Å². The number of nitrogens with zero attached hydrogens (tertiary/aromatic N) is 4. The van der Waals surface area contributed by atoms with E-state index in [1.54, 1.807) is 11.3 Å². The van der Waals surface area contributed by atoms with Gasteiger partial charge in [-0.05, 0) is 18.9 Å². The van der Waals surface area contributed by atoms with Crippen LogP contribution in [0.4, 0.5) is 0 Å². The Labute approximate surface area is 180 Å². The molecule has 0 aliphatic carbocycles. The van der Waals surface area contributed by atoms with E-state index in [1.165, 1.54) is 5.56 Å². The molecule has 1 unspecified atom stereocenters. The Balaban J connectivity index is 1.27. The average Bonchev–Trinajstić information content (AvgIpc) is 3.44. The largest absolute Gasteiger partial charge is 0.357 e. The van der Waals surface area contributed by atoms with Crippen LogP contribution in [0.2, 0.25) is 0 Å². The summed E-state index contributed by atoms with van der Waals surface area (Å²) in [6.07, 6.45) is 5.51. The van der Waals surface area contributed by atoms with Crippen molar-refractivity contribution in [2.45, 2.75) is 26.3 Å². The minimum atomic E-state index is 0.248. The number of nitrogens with one attached hydrogen (secondary N) is 2. The Morgan fingerprint density at radius 3 is 2.97 bits per heavy atom. The van der Waals surface area contributed by atoms with E-state index in [9.17, 15) is 4.79 Å². The van der Waals surface area contributed by atoms with Gasteiger partial charge in [0.2, 0.25) is 5.91 Å². The zero-order valence-electron chi connectivity index (χ0n) is 17.3. The molecule has 3 heterocycles. The van der Waals surface area contributed by atoms with Crippen molar-refractivity contribution in [3.05, 3.63) is 59.4 Å². The quantitative estimate of drug-likeness (QED) is 0.431. The molecule has 1 aromatic carbocycles. The summed E-state index contributed by atoms with van der Waals surface area (Å²) >= 11 is 1.62. The van der Waals surface area contributed by atoms with Crippen LogP contribution >= 0.6 is 11.3 Å². The molecule has 4 rings (SSSR count). The van der Waals surface area contributed by atoms with Crippen LogP contribution in [0.15, 0.2) is 53.1 Å². The first-order valence-corrected chi connectivity index (χ1v) is 11.3. The lowest BCUT2D eigenvalue weighted by Crippen LogP contribution is -2.40. The van der Waals surface area contributed by atoms with E-state index in [1.807, 2.05) is 52.2 Å². The van der Waals surface area contributed by atoms with Gasteiger partial charge in [-0.2, -0.15) is 0 Å². The fourth-order valence-electron chi connectivity index (χ4n) is 3.71. The summed E-state index contributed by atoms with van der Waals surface area (Å²) in [5.41, 5.74) is 2.22. The third-order valence-electron chi connectivity index (χ3n) is 5.25. The summed E-state index contributed by atoms with van der Waals surface area (Å²) in [4.78, 5) is 24.6. The van der Waals surface area contributed by atoms with E-state index in [2.05, 4.69) is 32.7 Å². The van der Waals surface area contributed by atoms with E-state index < -0.39 is 0 Å². The number of carbonyl (C=O) groups is 1. The molecule has 1 fully saturated rings. The summed E-state index contributed by atoms with van der Waals surface area (Å²) in [7, 11) is 0. The van der Waals surface area contributed by atoms with Crippen LogP contribution in [-0.2, 0) is 17.8 Å². The van der Waals surface area contributed by atoms with Gasteiger partial charge in [0.1, 0.15) is 0 Å². The second kappa shape index (κ2) is 9.75. The number of thiazole rings is 1. The molecule has 1 atom stereocenters. The number of likely N-dealkylation sites (tertiary alicyclic amines) is 1. The Hall–Kier alpha value is -2.87. The van der Waals surface area contributed by atoms with E-state index in [4.69, 9.17) is 0 Å². The molecule has 1 aliphatic rings. The van der Waals surface area contributed by atoms with Crippen molar-refractivity contribution in [2.75, 3.05) is 26.2 Å². The topological polar surface area (TPSA) is 74.0 Å². The predicted molar refractivity (Wildman–Crippen MR) is 121 cm³/mol. The summed E-state index contributed by atoms with van der Waals surface area (Å²) in [5, 5.41) is 8.71. The number of amides is 1. The SMILES string of the molecule is CCNC(=NCc1cn2ccsc2n1)NCC1CC(=O)N(CCc2ccccc2)C1. The Kier molecular flexibility index (Phi) is 6.63. The smallest absolute Gasteiger partial charge is 0.223 e. The van der Waals surface area contributed by atoms with Gasteiger partial charge in [0.15, 0.2) is 10.9 Å². The molecule has 0 bridgehead atoms. The van der Waals surface area contributed by atoms with E-state index in [-0.39, 0.29) is 5.91 Å². The molecular weight excluding hydrogens is 396 g/mol. The molecule has 30 heavy (non-hydrogen) atoms. The number of guanidine groups is 1. The van der Waals surface area contributed by atoms with Crippen molar-refractivity contribution in [3.63, 3.8) is 0 Å². The number of aromatic nitrogens is 2. The minimum Gasteiger partial charge on any atom is -0.357 e. The fourth-order valence-corrected chi connectivity index (χ4v) is 4.43. The average molecular weight is 425 g/mol. The summed E-state index contributed by atoms with van der Waals surface area (Å²) in [6.45, 7) is 5.68. The molecule has 0 radical (unpaired) electrons. The van der Waals surface area contributed by atoms with Gasteiger partial charge >= 0.3 is 0 Å². The lowest BCUT2D eigenvalue weighted by molar-refractivity contribution is -0.127. The van der Waals surface area contributed by atoms with Crippen LogP contribution in [-0.4, -0.2) is 52.3 Å². The number of aliphatic imine (C=N–C) groups is 1. The summed E-state index contributed by atoms with van der Waals surface area (Å²) in [6, 6.07) is 10.3. The maximum Gasteiger partial charge on any atom is 0.223 e. The molecule has 1 aliphatic heterocycles. The maximum absolute atomic E-state index is 12.4. The molecule has 7 nitrogen and oxygen atoms in total. The van der Waals surface area contributed by atoms with Gasteiger partial charge in [-0.1, -0.05) is 30.3 Å². The molecule has 1 saturated heterocycles. The number of benzene rings is 1. The predicted octanol–water partition coefficient (Wildman–Crippen LogP) is 2.54. The first-order valence-electron chi connectivity index (χ1n) is 10.5. The highest BCUT2D eigenvalue weighted by molar-refractivity contribution is 7.15. The van der Waals surface area contributed by atoms with Gasteiger partial charge in [0.25, 0.3) is 0 Å². The highest BCUT2D eigenvalue weighted by atomic mass is 32.1. The van der Waals surface area contributed by atoms with Crippen LogP contribution in [0.1, 0.15) is 24.6 Å². The van der Waals surface area contributed by atoms with Gasteiger partial charge in [-0.25, -0.2) is 9.98 Å². The normalized spacial score (nSPS) is 17.1. The zero-order valence-corrected chi connectivity index (χ0v) is 18.1. The molecule has 2 N–H and O–H groups in total. The number of rotatable bonds is 8. The lowest BCUT2D eigenvalue weighted by atomic mass is 10.1. The monoisotopic (exact) mass is 424 g/mol. The van der Waals surface area contributed by atoms with Gasteiger partial charge in [0.05, 0.1) is 12.2 Å². The number of fused-ring (bicyclic) bond motifs is 1. The van der Waals surface area contributed by atoms with Crippen molar-refractivity contribution in [2.24, 2.45) is 10.9 Å². The fraction of sp³-hybridized carbons (Fsp3) is 0.409. The number of hydrogen-bond donors (Lipinski definition) is 2. The van der Waals surface area contributed by atoms with Crippen molar-refractivity contribution < 1.29 is 4.79 Å². The van der Waals surface area contributed by atoms with Crippen LogP contribution in [0.5, 0.6) is 0 Å². The first-order chi connectivity index (χ1) is 14.7. The zero-order chi connectivity index (χ0) is 20.8. The molecule has 3 aromatic rings. The van der Waals surface area contributed by atoms with E-state index >= 15 is 0 Å². The highest BCUT2D eigenvalue weighted by Gasteiger charge is 2.29. The molecule has 1 amide bonds. The van der Waals surface area contributed by atoms with Crippen LogP contribution < -0.4 is 10.6 Å². The molecule has 0 saturated carbocycles. The molecule has 8 heteroatoms. The van der Waals surface area contributed by atoms with Crippen molar-refractivity contribution in [3.8, 4) is 0 Å². The Morgan fingerprint density at radius 2 is 2.17 bits per heavy atom. The molecule has 158 valence electrons. The van der Waals surface area contributed by atoms with Crippen molar-refractivity contribution in [1.82, 2.24) is 24.9 Å². The summed E-state index contributed by atoms with van der Waals surface area (Å²) < 4.78 is 2.02. The van der Waals surface area contributed by atoms with Crippen molar-refractivity contribution >= 4 is 28.2 Å². The van der Waals surface area contributed by atoms with E-state index in [0.29, 0.717) is 18.9 Å². The molecule has 0 spiro atoms. The third kappa shape index (κ3) is 5.18. The first kappa shape index (κ1) is 20.4. The standard InChI is InChI=1S/C22H28N6OS/c1-2-23-21(25-14-19-16-28-10-11-30-22(28)26-19)24-13-18-12-20(29)27(15-18)9-8-17-6-4-3-5-7-17/h3-7,10-11,16,18H,2,8-9,12-15H2,1H3,(H2,23,24,25). The number of carbonyl (C=O) groups excluding carboxylic acids is 1. The van der Waals surface area contributed by atoms with Crippen LogP contribution in [0.3, 0.4) is 0 Å². The second-order valence-corrected chi connectivity index (χ2v) is 8.42. The number of hydrogen-bond acceptors (Lipinski definition) is 4. The Morgan fingerprint density at radius 1 is 1.30 bits per heavy atom. The van der Waals surface area contributed by atoms with Gasteiger partial charge in [-0.3, -0.25) is 9.20 Å². The van der Waals surface area contributed by atoms with Crippen molar-refractivity contribution in [1.29, 1.82) is 0 Å². The van der Waals surface area contributed by atoms with Crippen LogP contribution in [0.25, 0.3) is 4.96 Å².